The number of thiazole rings is 1. The summed E-state index contributed by atoms with van der Waals surface area (Å²) in [6.07, 6.45) is 0. The van der Waals surface area contributed by atoms with Gasteiger partial charge in [-0.05, 0) is 31.2 Å². The average Bonchev–Trinajstić information content (AvgIpc) is 2.73. The molecule has 0 aliphatic rings. The van der Waals surface area contributed by atoms with Crippen molar-refractivity contribution in [3.63, 3.8) is 0 Å². The summed E-state index contributed by atoms with van der Waals surface area (Å²) in [5.74, 6) is 0.0316. The van der Waals surface area contributed by atoms with E-state index in [1.54, 1.807) is 0 Å². The van der Waals surface area contributed by atoms with Crippen molar-refractivity contribution in [2.75, 3.05) is 0 Å². The highest BCUT2D eigenvalue weighted by atomic mass is 32.2. The molecule has 0 fully saturated rings. The van der Waals surface area contributed by atoms with Gasteiger partial charge in [0.15, 0.2) is 0 Å². The van der Waals surface area contributed by atoms with Gasteiger partial charge in [-0.1, -0.05) is 0 Å². The highest BCUT2D eigenvalue weighted by Gasteiger charge is 2.14. The summed E-state index contributed by atoms with van der Waals surface area (Å²) >= 11 is 1.47. The predicted octanol–water partition coefficient (Wildman–Crippen LogP) is 1.64. The van der Waals surface area contributed by atoms with Crippen molar-refractivity contribution >= 4 is 21.4 Å². The molecule has 1 heterocycles. The quantitative estimate of drug-likeness (QED) is 0.894. The van der Waals surface area contributed by atoms with E-state index in [2.05, 4.69) is 9.71 Å². The Bertz CT molecular complexity index is 633. The van der Waals surface area contributed by atoms with Crippen LogP contribution in [0.2, 0.25) is 0 Å². The average molecular weight is 284 g/mol. The molecule has 0 saturated heterocycles. The van der Waals surface area contributed by atoms with E-state index in [4.69, 9.17) is 5.11 Å². The molecule has 2 aromatic rings. The van der Waals surface area contributed by atoms with E-state index in [0.29, 0.717) is 5.69 Å². The molecule has 0 atom stereocenters. The van der Waals surface area contributed by atoms with Crippen LogP contribution in [-0.2, 0) is 16.6 Å². The molecule has 1 aromatic carbocycles. The standard InChI is InChI=1S/C11H12N2O3S2/c1-8-13-9(7-17-8)6-12-18(15,16)11-4-2-10(14)3-5-11/h2-5,7,12,14H,6H2,1H3. The number of nitrogens with one attached hydrogen (secondary N) is 1. The molecule has 0 aliphatic carbocycles. The van der Waals surface area contributed by atoms with Crippen LogP contribution >= 0.6 is 11.3 Å². The van der Waals surface area contributed by atoms with Gasteiger partial charge in [0.2, 0.25) is 10.0 Å². The molecule has 0 aliphatic heterocycles. The van der Waals surface area contributed by atoms with Crippen LogP contribution < -0.4 is 4.72 Å². The number of aromatic hydroxyl groups is 1. The van der Waals surface area contributed by atoms with Crippen LogP contribution in [0.3, 0.4) is 0 Å². The van der Waals surface area contributed by atoms with Crippen LogP contribution in [0.1, 0.15) is 10.7 Å². The number of phenolic OH excluding ortho intramolecular Hbond substituents is 1. The molecule has 0 radical (unpaired) electrons. The molecule has 0 saturated carbocycles. The summed E-state index contributed by atoms with van der Waals surface area (Å²) in [7, 11) is -3.56. The van der Waals surface area contributed by atoms with Gasteiger partial charge in [-0.25, -0.2) is 18.1 Å². The van der Waals surface area contributed by atoms with E-state index >= 15 is 0 Å². The second-order valence-electron chi connectivity index (χ2n) is 3.68. The highest BCUT2D eigenvalue weighted by Crippen LogP contribution is 2.15. The van der Waals surface area contributed by atoms with E-state index < -0.39 is 10.0 Å². The molecule has 0 unspecified atom stereocenters. The van der Waals surface area contributed by atoms with Crippen molar-refractivity contribution in [1.82, 2.24) is 9.71 Å². The lowest BCUT2D eigenvalue weighted by Crippen LogP contribution is -2.23. The summed E-state index contributed by atoms with van der Waals surface area (Å²) in [6.45, 7) is 2.02. The lowest BCUT2D eigenvalue weighted by Gasteiger charge is -2.05. The van der Waals surface area contributed by atoms with Crippen LogP contribution in [0.5, 0.6) is 5.75 Å². The number of hydrogen-bond acceptors (Lipinski definition) is 5. The van der Waals surface area contributed by atoms with Gasteiger partial charge < -0.3 is 5.11 Å². The van der Waals surface area contributed by atoms with Gasteiger partial charge in [-0.3, -0.25) is 0 Å². The van der Waals surface area contributed by atoms with Crippen LogP contribution in [0, 0.1) is 6.92 Å². The van der Waals surface area contributed by atoms with Crippen LogP contribution in [0.25, 0.3) is 0 Å². The number of hydrogen-bond donors (Lipinski definition) is 2. The number of rotatable bonds is 4. The second kappa shape index (κ2) is 5.05. The van der Waals surface area contributed by atoms with Crippen molar-refractivity contribution < 1.29 is 13.5 Å². The lowest BCUT2D eigenvalue weighted by atomic mass is 10.3. The summed E-state index contributed by atoms with van der Waals surface area (Å²) in [6, 6.07) is 5.37. The Kier molecular flexibility index (Phi) is 3.65. The molecule has 7 heteroatoms. The van der Waals surface area contributed by atoms with Crippen LogP contribution in [-0.4, -0.2) is 18.5 Å². The van der Waals surface area contributed by atoms with Gasteiger partial charge in [0.05, 0.1) is 22.1 Å². The Morgan fingerprint density at radius 3 is 2.56 bits per heavy atom. The molecule has 5 nitrogen and oxygen atoms in total. The number of aryl methyl sites for hydroxylation is 1. The van der Waals surface area contributed by atoms with Crippen molar-refractivity contribution in [2.24, 2.45) is 0 Å². The van der Waals surface area contributed by atoms with Crippen molar-refractivity contribution in [3.05, 3.63) is 40.3 Å². The van der Waals surface area contributed by atoms with E-state index in [1.165, 1.54) is 35.6 Å². The summed E-state index contributed by atoms with van der Waals surface area (Å²) in [4.78, 5) is 4.29. The Balaban J connectivity index is 2.10. The molecule has 0 bridgehead atoms. The topological polar surface area (TPSA) is 79.3 Å². The van der Waals surface area contributed by atoms with Gasteiger partial charge in [0.1, 0.15) is 5.75 Å². The smallest absolute Gasteiger partial charge is 0.240 e. The maximum atomic E-state index is 11.9. The third kappa shape index (κ3) is 3.06. The fourth-order valence-corrected chi connectivity index (χ4v) is 2.98. The number of sulfonamides is 1. The summed E-state index contributed by atoms with van der Waals surface area (Å²) < 4.78 is 26.3. The van der Waals surface area contributed by atoms with Crippen LogP contribution in [0.4, 0.5) is 0 Å². The first-order valence-corrected chi connectivity index (χ1v) is 7.53. The molecule has 2 rings (SSSR count). The first-order valence-electron chi connectivity index (χ1n) is 5.17. The van der Waals surface area contributed by atoms with E-state index in [1.807, 2.05) is 12.3 Å². The Labute approximate surface area is 109 Å². The highest BCUT2D eigenvalue weighted by molar-refractivity contribution is 7.89. The maximum absolute atomic E-state index is 11.9. The second-order valence-corrected chi connectivity index (χ2v) is 6.51. The third-order valence-corrected chi connectivity index (χ3v) is 4.50. The first-order chi connectivity index (χ1) is 8.47. The number of aromatic nitrogens is 1. The van der Waals surface area contributed by atoms with Crippen molar-refractivity contribution in [3.8, 4) is 5.75 Å². The fourth-order valence-electron chi connectivity index (χ4n) is 1.37. The van der Waals surface area contributed by atoms with Gasteiger partial charge in [-0.15, -0.1) is 11.3 Å². The van der Waals surface area contributed by atoms with Gasteiger partial charge in [0, 0.05) is 5.38 Å². The monoisotopic (exact) mass is 284 g/mol. The zero-order valence-electron chi connectivity index (χ0n) is 9.62. The minimum absolute atomic E-state index is 0.0316. The van der Waals surface area contributed by atoms with E-state index in [9.17, 15) is 8.42 Å². The van der Waals surface area contributed by atoms with Gasteiger partial charge in [0.25, 0.3) is 0 Å². The SMILES string of the molecule is Cc1nc(CNS(=O)(=O)c2ccc(O)cc2)cs1. The third-order valence-electron chi connectivity index (χ3n) is 2.26. The zero-order valence-corrected chi connectivity index (χ0v) is 11.3. The zero-order chi connectivity index (χ0) is 13.2. The Morgan fingerprint density at radius 2 is 2.00 bits per heavy atom. The molecular formula is C11H12N2O3S2. The molecule has 96 valence electrons. The minimum Gasteiger partial charge on any atom is -0.508 e. The molecule has 0 amide bonds. The number of phenols is 1. The van der Waals surface area contributed by atoms with Crippen LogP contribution in [0.15, 0.2) is 34.5 Å². The normalized spacial score (nSPS) is 11.6. The van der Waals surface area contributed by atoms with Gasteiger partial charge in [-0.2, -0.15) is 0 Å². The molecular weight excluding hydrogens is 272 g/mol. The minimum atomic E-state index is -3.56. The summed E-state index contributed by atoms with van der Waals surface area (Å²) in [5.41, 5.74) is 0.694. The molecule has 2 N–H and O–H groups in total. The Morgan fingerprint density at radius 1 is 1.33 bits per heavy atom. The van der Waals surface area contributed by atoms with E-state index in [-0.39, 0.29) is 17.2 Å². The van der Waals surface area contributed by atoms with Gasteiger partial charge >= 0.3 is 0 Å². The molecule has 0 spiro atoms. The fraction of sp³-hybridized carbons (Fsp3) is 0.182. The lowest BCUT2D eigenvalue weighted by molar-refractivity contribution is 0.474. The number of benzene rings is 1. The van der Waals surface area contributed by atoms with Crippen molar-refractivity contribution in [1.29, 1.82) is 0 Å². The predicted molar refractivity (Wildman–Crippen MR) is 69.0 cm³/mol. The maximum Gasteiger partial charge on any atom is 0.240 e. The van der Waals surface area contributed by atoms with E-state index in [0.717, 1.165) is 5.01 Å². The molecule has 18 heavy (non-hydrogen) atoms. The molecule has 1 aromatic heterocycles. The first kappa shape index (κ1) is 13.0. The van der Waals surface area contributed by atoms with Crippen molar-refractivity contribution in [2.45, 2.75) is 18.4 Å². The Hall–Kier alpha value is -1.44. The summed E-state index contributed by atoms with van der Waals surface area (Å²) in [5, 5.41) is 11.8. The largest absolute Gasteiger partial charge is 0.508 e. The number of nitrogens with zero attached hydrogens (tertiary/aromatic N) is 1.